The molecule has 7 heteroatoms. The van der Waals surface area contributed by atoms with Gasteiger partial charge in [-0.25, -0.2) is 8.78 Å². The molecule has 0 bridgehead atoms. The molecule has 2 amide bonds. The van der Waals surface area contributed by atoms with Gasteiger partial charge in [0.1, 0.15) is 11.6 Å². The lowest BCUT2D eigenvalue weighted by Gasteiger charge is -2.14. The number of amides is 2. The number of anilines is 3. The molecule has 0 unspecified atom stereocenters. The van der Waals surface area contributed by atoms with Crippen LogP contribution in [-0.2, 0) is 4.79 Å². The Kier molecular flexibility index (Phi) is 4.65. The second kappa shape index (κ2) is 6.88. The van der Waals surface area contributed by atoms with E-state index in [1.165, 1.54) is 37.3 Å². The number of carbonyl (C=O) groups is 2. The predicted molar refractivity (Wildman–Crippen MR) is 91.7 cm³/mol. The first kappa shape index (κ1) is 16.9. The van der Waals surface area contributed by atoms with Crippen LogP contribution >= 0.6 is 0 Å². The molecule has 1 aliphatic rings. The first-order chi connectivity index (χ1) is 11.9. The number of nitrogens with one attached hydrogen (secondary N) is 3. The van der Waals surface area contributed by atoms with Crippen molar-refractivity contribution in [2.75, 3.05) is 16.0 Å². The number of benzene rings is 2. The largest absolute Gasteiger partial charge is 0.381 e. The molecule has 25 heavy (non-hydrogen) atoms. The fourth-order valence-corrected chi connectivity index (χ4v) is 2.36. The summed E-state index contributed by atoms with van der Waals surface area (Å²) in [6.07, 6.45) is 1.97. The molecule has 3 rings (SSSR count). The van der Waals surface area contributed by atoms with Gasteiger partial charge in [0, 0.05) is 18.7 Å². The third-order valence-corrected chi connectivity index (χ3v) is 3.70. The summed E-state index contributed by atoms with van der Waals surface area (Å²) in [5, 5.41) is 8.21. The van der Waals surface area contributed by atoms with E-state index in [-0.39, 0.29) is 17.5 Å². The van der Waals surface area contributed by atoms with Crippen molar-refractivity contribution in [1.29, 1.82) is 0 Å². The summed E-state index contributed by atoms with van der Waals surface area (Å²) in [6.45, 7) is 1.32. The monoisotopic (exact) mass is 345 g/mol. The molecule has 0 saturated heterocycles. The van der Waals surface area contributed by atoms with E-state index in [0.717, 1.165) is 18.9 Å². The van der Waals surface area contributed by atoms with E-state index in [4.69, 9.17) is 0 Å². The number of hydrogen-bond donors (Lipinski definition) is 3. The van der Waals surface area contributed by atoms with Crippen molar-refractivity contribution < 1.29 is 18.4 Å². The summed E-state index contributed by atoms with van der Waals surface area (Å²) in [5.41, 5.74) is 0.916. The molecule has 1 fully saturated rings. The fourth-order valence-electron chi connectivity index (χ4n) is 2.36. The van der Waals surface area contributed by atoms with E-state index in [0.29, 0.717) is 17.1 Å². The van der Waals surface area contributed by atoms with Gasteiger partial charge >= 0.3 is 0 Å². The topological polar surface area (TPSA) is 70.2 Å². The lowest BCUT2D eigenvalue weighted by Crippen LogP contribution is -2.16. The number of rotatable bonds is 5. The lowest BCUT2D eigenvalue weighted by atomic mass is 10.1. The van der Waals surface area contributed by atoms with Gasteiger partial charge in [-0.1, -0.05) is 0 Å². The van der Waals surface area contributed by atoms with Crippen LogP contribution in [-0.4, -0.2) is 17.9 Å². The summed E-state index contributed by atoms with van der Waals surface area (Å²) in [7, 11) is 0. The third kappa shape index (κ3) is 4.32. The van der Waals surface area contributed by atoms with Gasteiger partial charge in [0.05, 0.1) is 16.9 Å². The number of halogens is 2. The molecule has 1 saturated carbocycles. The average molecular weight is 345 g/mol. The highest BCUT2D eigenvalue weighted by Gasteiger charge is 2.23. The Labute approximate surface area is 143 Å². The number of carbonyl (C=O) groups excluding carboxylic acids is 2. The van der Waals surface area contributed by atoms with Crippen LogP contribution in [0.4, 0.5) is 25.8 Å². The quantitative estimate of drug-likeness (QED) is 0.773. The molecular formula is C18H17F2N3O2. The molecule has 0 aromatic heterocycles. The number of hydrogen-bond acceptors (Lipinski definition) is 3. The van der Waals surface area contributed by atoms with Gasteiger partial charge < -0.3 is 16.0 Å². The average Bonchev–Trinajstić information content (AvgIpc) is 3.35. The van der Waals surface area contributed by atoms with Crippen LogP contribution in [0.15, 0.2) is 36.4 Å². The van der Waals surface area contributed by atoms with Crippen LogP contribution in [0.5, 0.6) is 0 Å². The molecule has 2 aromatic carbocycles. The zero-order valence-electron chi connectivity index (χ0n) is 13.5. The Balaban J connectivity index is 1.83. The van der Waals surface area contributed by atoms with Gasteiger partial charge in [-0.15, -0.1) is 0 Å². The first-order valence-corrected chi connectivity index (χ1v) is 7.87. The van der Waals surface area contributed by atoms with Crippen LogP contribution < -0.4 is 16.0 Å². The summed E-state index contributed by atoms with van der Waals surface area (Å²) >= 11 is 0. The molecule has 0 aliphatic heterocycles. The smallest absolute Gasteiger partial charge is 0.258 e. The fraction of sp³-hybridized carbons (Fsp3) is 0.222. The van der Waals surface area contributed by atoms with E-state index in [1.807, 2.05) is 0 Å². The van der Waals surface area contributed by atoms with Gasteiger partial charge in [0.2, 0.25) is 5.91 Å². The van der Waals surface area contributed by atoms with Crippen LogP contribution in [0.3, 0.4) is 0 Å². The molecule has 0 radical (unpaired) electrons. The van der Waals surface area contributed by atoms with Gasteiger partial charge in [-0.05, 0) is 49.2 Å². The van der Waals surface area contributed by atoms with Crippen molar-refractivity contribution in [3.63, 3.8) is 0 Å². The van der Waals surface area contributed by atoms with E-state index in [2.05, 4.69) is 16.0 Å². The maximum absolute atomic E-state index is 14.0. The SMILES string of the molecule is CC(=O)Nc1ccc(F)c(C(=O)Nc2ccc(F)cc2NC2CC2)c1. The van der Waals surface area contributed by atoms with Gasteiger partial charge in [-0.3, -0.25) is 9.59 Å². The highest BCUT2D eigenvalue weighted by atomic mass is 19.1. The Morgan fingerprint density at radius 3 is 2.44 bits per heavy atom. The zero-order chi connectivity index (χ0) is 18.0. The highest BCUT2D eigenvalue weighted by molar-refractivity contribution is 6.07. The summed E-state index contributed by atoms with van der Waals surface area (Å²) in [6, 6.07) is 7.92. The maximum Gasteiger partial charge on any atom is 0.258 e. The van der Waals surface area contributed by atoms with Crippen LogP contribution in [0.1, 0.15) is 30.1 Å². The molecule has 130 valence electrons. The Bertz CT molecular complexity index is 835. The maximum atomic E-state index is 14.0. The molecule has 1 aliphatic carbocycles. The third-order valence-electron chi connectivity index (χ3n) is 3.70. The second-order valence-electron chi connectivity index (χ2n) is 5.94. The zero-order valence-corrected chi connectivity index (χ0v) is 13.5. The molecule has 0 heterocycles. The molecular weight excluding hydrogens is 328 g/mol. The van der Waals surface area contributed by atoms with Crippen LogP contribution in [0.2, 0.25) is 0 Å². The summed E-state index contributed by atoms with van der Waals surface area (Å²) < 4.78 is 27.5. The van der Waals surface area contributed by atoms with E-state index < -0.39 is 17.5 Å². The second-order valence-corrected chi connectivity index (χ2v) is 5.94. The van der Waals surface area contributed by atoms with Crippen molar-refractivity contribution in [2.45, 2.75) is 25.8 Å². The standard InChI is InChI=1S/C18H17F2N3O2/c1-10(24)21-13-5-6-15(20)14(9-13)18(25)23-16-7-2-11(19)8-17(16)22-12-3-4-12/h2,5-9,12,22H,3-4H2,1H3,(H,21,24)(H,23,25). The molecule has 0 spiro atoms. The van der Waals surface area contributed by atoms with Crippen molar-refractivity contribution in [3.8, 4) is 0 Å². The van der Waals surface area contributed by atoms with Crippen molar-refractivity contribution in [3.05, 3.63) is 53.6 Å². The molecule has 3 N–H and O–H groups in total. The highest BCUT2D eigenvalue weighted by Crippen LogP contribution is 2.30. The van der Waals surface area contributed by atoms with E-state index >= 15 is 0 Å². The summed E-state index contributed by atoms with van der Waals surface area (Å²) in [5.74, 6) is -2.16. The van der Waals surface area contributed by atoms with Crippen molar-refractivity contribution >= 4 is 28.9 Å². The Morgan fingerprint density at radius 2 is 1.76 bits per heavy atom. The minimum absolute atomic E-state index is 0.215. The minimum Gasteiger partial charge on any atom is -0.381 e. The minimum atomic E-state index is -0.717. The lowest BCUT2D eigenvalue weighted by molar-refractivity contribution is -0.114. The predicted octanol–water partition coefficient (Wildman–Crippen LogP) is 3.75. The van der Waals surface area contributed by atoms with Gasteiger partial charge in [0.15, 0.2) is 0 Å². The van der Waals surface area contributed by atoms with Crippen LogP contribution in [0.25, 0.3) is 0 Å². The normalized spacial score (nSPS) is 13.2. The van der Waals surface area contributed by atoms with Crippen LogP contribution in [0, 0.1) is 11.6 Å². The summed E-state index contributed by atoms with van der Waals surface area (Å²) in [4.78, 5) is 23.5. The molecule has 5 nitrogen and oxygen atoms in total. The van der Waals surface area contributed by atoms with Gasteiger partial charge in [-0.2, -0.15) is 0 Å². The van der Waals surface area contributed by atoms with E-state index in [1.54, 1.807) is 0 Å². The Hall–Kier alpha value is -2.96. The first-order valence-electron chi connectivity index (χ1n) is 7.87. The van der Waals surface area contributed by atoms with Gasteiger partial charge in [0.25, 0.3) is 5.91 Å². The molecule has 2 aromatic rings. The molecule has 0 atom stereocenters. The van der Waals surface area contributed by atoms with E-state index in [9.17, 15) is 18.4 Å². The van der Waals surface area contributed by atoms with Crippen molar-refractivity contribution in [2.24, 2.45) is 0 Å². The van der Waals surface area contributed by atoms with Crippen molar-refractivity contribution in [1.82, 2.24) is 0 Å². The Morgan fingerprint density at radius 1 is 1.00 bits per heavy atom.